The monoisotopic (exact) mass is 291 g/mol. The highest BCUT2D eigenvalue weighted by atomic mass is 19.3. The number of nitrogens with zero attached hydrogens (tertiary/aromatic N) is 2. The zero-order chi connectivity index (χ0) is 15.6. The molecular formula is C14H11F2N3O2. The number of alkyl halides is 2. The summed E-state index contributed by atoms with van der Waals surface area (Å²) < 4.78 is 25.2. The van der Waals surface area contributed by atoms with Crippen LogP contribution in [0.4, 0.5) is 14.5 Å². The van der Waals surface area contributed by atoms with Crippen molar-refractivity contribution in [1.82, 2.24) is 9.97 Å². The van der Waals surface area contributed by atoms with Crippen molar-refractivity contribution in [3.8, 4) is 11.4 Å². The number of Topliss-reactive ketones (excluding diaryl/α,β-unsaturated/α-hetero) is 2. The third kappa shape index (κ3) is 3.07. The molecule has 0 saturated heterocycles. The summed E-state index contributed by atoms with van der Waals surface area (Å²) in [6.45, 7) is 1.14. The Balaban J connectivity index is 2.43. The van der Waals surface area contributed by atoms with Gasteiger partial charge in [-0.15, -0.1) is 0 Å². The lowest BCUT2D eigenvalue weighted by atomic mass is 10.0. The number of nitrogen functional groups attached to an aromatic ring is 1. The van der Waals surface area contributed by atoms with Crippen LogP contribution in [0.3, 0.4) is 0 Å². The summed E-state index contributed by atoms with van der Waals surface area (Å²) in [4.78, 5) is 30.3. The van der Waals surface area contributed by atoms with Gasteiger partial charge in [-0.25, -0.2) is 18.7 Å². The zero-order valence-electron chi connectivity index (χ0n) is 11.0. The van der Waals surface area contributed by atoms with Crippen LogP contribution in [0.15, 0.2) is 30.5 Å². The second-order valence-corrected chi connectivity index (χ2v) is 4.29. The van der Waals surface area contributed by atoms with E-state index in [-0.39, 0.29) is 17.1 Å². The van der Waals surface area contributed by atoms with E-state index in [0.29, 0.717) is 5.56 Å². The van der Waals surface area contributed by atoms with Gasteiger partial charge in [0.15, 0.2) is 11.6 Å². The fraction of sp³-hybridized carbons (Fsp3) is 0.143. The van der Waals surface area contributed by atoms with Crippen molar-refractivity contribution in [1.29, 1.82) is 0 Å². The highest BCUT2D eigenvalue weighted by Gasteiger charge is 2.16. The maximum atomic E-state index is 12.6. The van der Waals surface area contributed by atoms with Crippen LogP contribution < -0.4 is 5.73 Å². The van der Waals surface area contributed by atoms with Crippen molar-refractivity contribution in [2.45, 2.75) is 13.3 Å². The van der Waals surface area contributed by atoms with Crippen LogP contribution in [0.1, 0.15) is 29.4 Å². The van der Waals surface area contributed by atoms with Crippen LogP contribution in [0, 0.1) is 0 Å². The Hall–Kier alpha value is -2.70. The average Bonchev–Trinajstić information content (AvgIpc) is 2.46. The van der Waals surface area contributed by atoms with Gasteiger partial charge in [0.25, 0.3) is 6.43 Å². The van der Waals surface area contributed by atoms with Crippen molar-refractivity contribution in [3.05, 3.63) is 41.7 Å². The van der Waals surface area contributed by atoms with Gasteiger partial charge in [-0.1, -0.05) is 6.07 Å². The second kappa shape index (κ2) is 5.74. The van der Waals surface area contributed by atoms with Gasteiger partial charge >= 0.3 is 0 Å². The van der Waals surface area contributed by atoms with Gasteiger partial charge in [0.2, 0.25) is 5.78 Å². The third-order valence-electron chi connectivity index (χ3n) is 2.77. The van der Waals surface area contributed by atoms with E-state index in [1.165, 1.54) is 24.4 Å². The predicted octanol–water partition coefficient (Wildman–Crippen LogP) is 2.44. The van der Waals surface area contributed by atoms with Gasteiger partial charge in [-0.2, -0.15) is 0 Å². The van der Waals surface area contributed by atoms with Gasteiger partial charge in [0, 0.05) is 29.9 Å². The van der Waals surface area contributed by atoms with Crippen LogP contribution in [0.25, 0.3) is 11.4 Å². The minimum atomic E-state index is -2.71. The number of rotatable bonds is 4. The largest absolute Gasteiger partial charge is 0.398 e. The quantitative estimate of drug-likeness (QED) is 0.531. The molecule has 0 fully saturated rings. The van der Waals surface area contributed by atoms with Crippen molar-refractivity contribution in [3.63, 3.8) is 0 Å². The van der Waals surface area contributed by atoms with Gasteiger partial charge in [0.05, 0.1) is 0 Å². The van der Waals surface area contributed by atoms with E-state index in [9.17, 15) is 18.4 Å². The number of hydrogen-bond donors (Lipinski definition) is 1. The number of carbonyl (C=O) groups is 2. The van der Waals surface area contributed by atoms with Crippen molar-refractivity contribution in [2.24, 2.45) is 0 Å². The van der Waals surface area contributed by atoms with Gasteiger partial charge < -0.3 is 5.73 Å². The lowest BCUT2D eigenvalue weighted by molar-refractivity contribution is -0.113. The molecule has 2 aromatic rings. The average molecular weight is 291 g/mol. The van der Waals surface area contributed by atoms with Crippen LogP contribution >= 0.6 is 0 Å². The lowest BCUT2D eigenvalue weighted by Gasteiger charge is -2.07. The van der Waals surface area contributed by atoms with Crippen molar-refractivity contribution in [2.75, 3.05) is 5.73 Å². The maximum Gasteiger partial charge on any atom is 0.280 e. The molecule has 0 unspecified atom stereocenters. The van der Waals surface area contributed by atoms with E-state index >= 15 is 0 Å². The molecule has 7 heteroatoms. The molecule has 108 valence electrons. The summed E-state index contributed by atoms with van der Waals surface area (Å²) in [5.41, 5.74) is 5.84. The Morgan fingerprint density at radius 2 is 1.95 bits per heavy atom. The molecule has 0 aliphatic carbocycles. The number of hydrogen-bond acceptors (Lipinski definition) is 5. The Bertz CT molecular complexity index is 717. The second-order valence-electron chi connectivity index (χ2n) is 4.29. The first-order valence-electron chi connectivity index (χ1n) is 5.96. The minimum Gasteiger partial charge on any atom is -0.398 e. The lowest BCUT2D eigenvalue weighted by Crippen LogP contribution is -2.12. The van der Waals surface area contributed by atoms with Crippen LogP contribution in [0.2, 0.25) is 0 Å². The molecule has 1 aromatic heterocycles. The SMILES string of the molecule is CC(=O)C(=O)c1ccc(-c2nccc(C(F)F)n2)cc1N. The Morgan fingerprint density at radius 3 is 2.52 bits per heavy atom. The summed E-state index contributed by atoms with van der Waals surface area (Å²) in [7, 11) is 0. The molecule has 0 atom stereocenters. The number of nitrogens with two attached hydrogens (primary N) is 1. The smallest absolute Gasteiger partial charge is 0.280 e. The number of halogens is 2. The van der Waals surface area contributed by atoms with Crippen molar-refractivity contribution >= 4 is 17.3 Å². The number of carbonyl (C=O) groups excluding carboxylic acids is 2. The molecule has 2 rings (SSSR count). The van der Waals surface area contributed by atoms with E-state index in [1.54, 1.807) is 0 Å². The summed E-state index contributed by atoms with van der Waals surface area (Å²) in [6.07, 6.45) is -1.49. The maximum absolute atomic E-state index is 12.6. The minimum absolute atomic E-state index is 0.0660. The summed E-state index contributed by atoms with van der Waals surface area (Å²) >= 11 is 0. The molecule has 21 heavy (non-hydrogen) atoms. The summed E-state index contributed by atoms with van der Waals surface area (Å²) in [6, 6.07) is 5.30. The Morgan fingerprint density at radius 1 is 1.24 bits per heavy atom. The molecule has 0 aliphatic rings. The first kappa shape index (κ1) is 14.7. The summed E-state index contributed by atoms with van der Waals surface area (Å²) in [5, 5.41) is 0. The van der Waals surface area contributed by atoms with Crippen LogP contribution in [-0.4, -0.2) is 21.5 Å². The molecule has 0 aliphatic heterocycles. The van der Waals surface area contributed by atoms with Gasteiger partial charge in [0.1, 0.15) is 5.69 Å². The zero-order valence-corrected chi connectivity index (χ0v) is 11.0. The summed E-state index contributed by atoms with van der Waals surface area (Å²) in [5.74, 6) is -1.27. The van der Waals surface area contributed by atoms with E-state index in [1.807, 2.05) is 0 Å². The van der Waals surface area contributed by atoms with E-state index < -0.39 is 23.7 Å². The topological polar surface area (TPSA) is 85.9 Å². The van der Waals surface area contributed by atoms with Crippen molar-refractivity contribution < 1.29 is 18.4 Å². The van der Waals surface area contributed by atoms with Gasteiger partial charge in [-0.05, 0) is 18.2 Å². The molecule has 0 amide bonds. The number of benzene rings is 1. The molecule has 1 heterocycles. The van der Waals surface area contributed by atoms with Gasteiger partial charge in [-0.3, -0.25) is 9.59 Å². The Labute approximate surface area is 118 Å². The molecule has 0 radical (unpaired) electrons. The van der Waals surface area contributed by atoms with Crippen LogP contribution in [0.5, 0.6) is 0 Å². The normalized spacial score (nSPS) is 10.7. The Kier molecular flexibility index (Phi) is 4.02. The molecule has 0 spiro atoms. The number of ketones is 2. The standard InChI is InChI=1S/C14H11F2N3O2/c1-7(20)12(21)9-3-2-8(6-10(9)17)14-18-5-4-11(19-14)13(15)16/h2-6,13H,17H2,1H3. The van der Waals surface area contributed by atoms with E-state index in [0.717, 1.165) is 13.0 Å². The first-order chi connectivity index (χ1) is 9.90. The first-order valence-corrected chi connectivity index (χ1v) is 5.96. The molecule has 2 N–H and O–H groups in total. The third-order valence-corrected chi connectivity index (χ3v) is 2.77. The van der Waals surface area contributed by atoms with E-state index in [2.05, 4.69) is 9.97 Å². The fourth-order valence-electron chi connectivity index (χ4n) is 1.73. The van der Waals surface area contributed by atoms with E-state index in [4.69, 9.17) is 5.73 Å². The molecule has 1 aromatic carbocycles. The molecule has 0 bridgehead atoms. The highest BCUT2D eigenvalue weighted by molar-refractivity contribution is 6.44. The fourth-order valence-corrected chi connectivity index (χ4v) is 1.73. The molecular weight excluding hydrogens is 280 g/mol. The number of aromatic nitrogens is 2. The number of anilines is 1. The highest BCUT2D eigenvalue weighted by Crippen LogP contribution is 2.24. The molecule has 0 saturated carbocycles. The van der Waals surface area contributed by atoms with Crippen LogP contribution in [-0.2, 0) is 4.79 Å². The molecule has 5 nitrogen and oxygen atoms in total. The predicted molar refractivity (Wildman–Crippen MR) is 71.8 cm³/mol.